The minimum atomic E-state index is -4.08. The molecule has 2 aliphatic heterocycles. The molecule has 0 radical (unpaired) electrons. The van der Waals surface area contributed by atoms with E-state index in [1.165, 1.54) is 8.61 Å². The van der Waals surface area contributed by atoms with Crippen LogP contribution in [-0.4, -0.2) is 43.8 Å². The second-order valence-electron chi connectivity index (χ2n) is 11.9. The molecule has 228 valence electrons. The van der Waals surface area contributed by atoms with Gasteiger partial charge in [0.05, 0.1) is 21.9 Å². The van der Waals surface area contributed by atoms with Crippen LogP contribution in [-0.2, 0) is 24.8 Å². The Morgan fingerprint density at radius 2 is 1.18 bits per heavy atom. The third-order valence-electron chi connectivity index (χ3n) is 9.05. The molecule has 0 amide bonds. The van der Waals surface area contributed by atoms with E-state index in [1.807, 2.05) is 75.4 Å². The Labute approximate surface area is 260 Å². The standard InChI is InChI=1S/C35H36N2O5S2/c1-24-13-17-28(18-14-24)43(39,40)36-23-31-34(21-33(36)30-12-8-7-9-26(30)3)37(44(41,42)29-19-15-25(2)16-20-29)32(22-35(31)38)27-10-5-4-6-11-27/h4-20,31-34H,21-23H2,1-3H3/t31-,32?,33?,34+/m1/s1. The normalized spacial score (nSPS) is 23.3. The highest BCUT2D eigenvalue weighted by Crippen LogP contribution is 2.48. The van der Waals surface area contributed by atoms with Crippen LogP contribution in [0.5, 0.6) is 0 Å². The molecule has 9 heteroatoms. The zero-order valence-corrected chi connectivity index (χ0v) is 26.6. The maximum absolute atomic E-state index is 14.6. The van der Waals surface area contributed by atoms with Gasteiger partial charge in [0.2, 0.25) is 20.0 Å². The van der Waals surface area contributed by atoms with Crippen molar-refractivity contribution in [1.82, 2.24) is 8.61 Å². The molecule has 2 unspecified atom stereocenters. The second-order valence-corrected chi connectivity index (χ2v) is 15.6. The van der Waals surface area contributed by atoms with E-state index in [4.69, 9.17) is 0 Å². The van der Waals surface area contributed by atoms with Crippen LogP contribution in [0.1, 0.15) is 52.7 Å². The Hall–Kier alpha value is -3.63. The van der Waals surface area contributed by atoms with Gasteiger partial charge in [-0.2, -0.15) is 8.61 Å². The van der Waals surface area contributed by atoms with E-state index >= 15 is 0 Å². The van der Waals surface area contributed by atoms with Crippen molar-refractivity contribution in [3.8, 4) is 0 Å². The first-order valence-electron chi connectivity index (χ1n) is 14.8. The summed E-state index contributed by atoms with van der Waals surface area (Å²) in [4.78, 5) is 14.3. The summed E-state index contributed by atoms with van der Waals surface area (Å²) in [5.74, 6) is -0.956. The van der Waals surface area contributed by atoms with Crippen molar-refractivity contribution < 1.29 is 21.6 Å². The molecular weight excluding hydrogens is 593 g/mol. The quantitative estimate of drug-likeness (QED) is 0.256. The van der Waals surface area contributed by atoms with E-state index in [2.05, 4.69) is 0 Å². The lowest BCUT2D eigenvalue weighted by Gasteiger charge is -2.51. The summed E-state index contributed by atoms with van der Waals surface area (Å²) in [5, 5.41) is 0. The minimum absolute atomic E-state index is 0.0380. The Morgan fingerprint density at radius 3 is 1.77 bits per heavy atom. The smallest absolute Gasteiger partial charge is 0.243 e. The van der Waals surface area contributed by atoms with Gasteiger partial charge < -0.3 is 0 Å². The second kappa shape index (κ2) is 11.7. The highest BCUT2D eigenvalue weighted by atomic mass is 32.2. The Morgan fingerprint density at radius 1 is 0.636 bits per heavy atom. The van der Waals surface area contributed by atoms with Crippen LogP contribution in [0.4, 0.5) is 0 Å². The van der Waals surface area contributed by atoms with Crippen molar-refractivity contribution in [2.75, 3.05) is 6.54 Å². The van der Waals surface area contributed by atoms with Gasteiger partial charge in [0, 0.05) is 24.9 Å². The largest absolute Gasteiger partial charge is 0.299 e. The Bertz CT molecular complexity index is 1890. The van der Waals surface area contributed by atoms with E-state index in [9.17, 15) is 21.6 Å². The number of hydrogen-bond donors (Lipinski definition) is 0. The van der Waals surface area contributed by atoms with Gasteiger partial charge in [-0.05, 0) is 68.1 Å². The number of benzene rings is 4. The first-order chi connectivity index (χ1) is 21.0. The number of sulfonamides is 2. The fraction of sp³-hybridized carbons (Fsp3) is 0.286. The number of piperidine rings is 2. The van der Waals surface area contributed by atoms with Crippen molar-refractivity contribution in [3.63, 3.8) is 0 Å². The molecule has 7 nitrogen and oxygen atoms in total. The van der Waals surface area contributed by atoms with Gasteiger partial charge in [-0.1, -0.05) is 90.0 Å². The molecule has 2 heterocycles. The summed E-state index contributed by atoms with van der Waals surface area (Å²) in [6, 6.07) is 28.1. The van der Waals surface area contributed by atoms with E-state index in [-0.39, 0.29) is 35.0 Å². The van der Waals surface area contributed by atoms with E-state index < -0.39 is 44.1 Å². The van der Waals surface area contributed by atoms with Crippen molar-refractivity contribution in [2.45, 2.75) is 61.5 Å². The van der Waals surface area contributed by atoms with Crippen molar-refractivity contribution >= 4 is 25.8 Å². The fourth-order valence-electron chi connectivity index (χ4n) is 6.69. The highest BCUT2D eigenvalue weighted by Gasteiger charge is 2.54. The van der Waals surface area contributed by atoms with Gasteiger partial charge in [0.25, 0.3) is 0 Å². The van der Waals surface area contributed by atoms with E-state index in [0.29, 0.717) is 0 Å². The molecule has 0 aromatic heterocycles. The van der Waals surface area contributed by atoms with E-state index in [0.717, 1.165) is 27.8 Å². The number of carbonyl (C=O) groups is 1. The molecule has 2 fully saturated rings. The SMILES string of the molecule is Cc1ccc(S(=O)(=O)N2C[C@H]3C(=O)CC(c4ccccc4)N(S(=O)(=O)c4ccc(C)cc4)[C@H]3CC2c2ccccc2C)cc1. The van der Waals surface area contributed by atoms with Crippen LogP contribution in [0.15, 0.2) is 113 Å². The lowest BCUT2D eigenvalue weighted by molar-refractivity contribution is -0.132. The third-order valence-corrected chi connectivity index (χ3v) is 12.9. The molecule has 44 heavy (non-hydrogen) atoms. The molecule has 2 saturated heterocycles. The number of hydrogen-bond acceptors (Lipinski definition) is 5. The predicted octanol–water partition coefficient (Wildman–Crippen LogP) is 6.14. The first-order valence-corrected chi connectivity index (χ1v) is 17.7. The molecule has 0 N–H and O–H groups in total. The molecule has 4 aromatic rings. The number of aryl methyl sites for hydroxylation is 3. The average Bonchev–Trinajstić information content (AvgIpc) is 3.01. The Kier molecular flexibility index (Phi) is 8.09. The molecule has 0 saturated carbocycles. The monoisotopic (exact) mass is 628 g/mol. The fourth-order valence-corrected chi connectivity index (χ4v) is 10.2. The Balaban J connectivity index is 1.52. The summed E-state index contributed by atoms with van der Waals surface area (Å²) < 4.78 is 60.6. The molecule has 0 spiro atoms. The number of nitrogens with zero attached hydrogens (tertiary/aromatic N) is 2. The van der Waals surface area contributed by atoms with E-state index in [1.54, 1.807) is 48.5 Å². The topological polar surface area (TPSA) is 91.8 Å². The van der Waals surface area contributed by atoms with Crippen LogP contribution < -0.4 is 0 Å². The average molecular weight is 629 g/mol. The number of rotatable bonds is 6. The number of Topliss-reactive ketones (excluding diaryl/α,β-unsaturated/α-hetero) is 1. The molecule has 0 bridgehead atoms. The number of carbonyl (C=O) groups excluding carboxylic acids is 1. The first kappa shape index (κ1) is 30.4. The van der Waals surface area contributed by atoms with Crippen LogP contribution in [0, 0.1) is 26.7 Å². The van der Waals surface area contributed by atoms with Gasteiger partial charge in [-0.25, -0.2) is 16.8 Å². The van der Waals surface area contributed by atoms with Crippen molar-refractivity contribution in [1.29, 1.82) is 0 Å². The van der Waals surface area contributed by atoms with Crippen molar-refractivity contribution in [2.24, 2.45) is 5.92 Å². The maximum Gasteiger partial charge on any atom is 0.243 e. The molecular formula is C35H36N2O5S2. The highest BCUT2D eigenvalue weighted by molar-refractivity contribution is 7.89. The van der Waals surface area contributed by atoms with Gasteiger partial charge in [0.1, 0.15) is 5.78 Å². The number of fused-ring (bicyclic) bond motifs is 1. The summed E-state index contributed by atoms with van der Waals surface area (Å²) in [6.45, 7) is 5.61. The van der Waals surface area contributed by atoms with Crippen LogP contribution >= 0.6 is 0 Å². The van der Waals surface area contributed by atoms with Gasteiger partial charge in [0.15, 0.2) is 0 Å². The molecule has 6 rings (SSSR count). The van der Waals surface area contributed by atoms with Gasteiger partial charge in [-0.15, -0.1) is 0 Å². The summed E-state index contributed by atoms with van der Waals surface area (Å²) in [5.41, 5.74) is 4.30. The molecule has 4 aromatic carbocycles. The third kappa shape index (κ3) is 5.43. The van der Waals surface area contributed by atoms with Crippen LogP contribution in [0.25, 0.3) is 0 Å². The zero-order chi connectivity index (χ0) is 31.2. The van der Waals surface area contributed by atoms with Crippen LogP contribution in [0.2, 0.25) is 0 Å². The van der Waals surface area contributed by atoms with Gasteiger partial charge >= 0.3 is 0 Å². The van der Waals surface area contributed by atoms with Crippen molar-refractivity contribution in [3.05, 3.63) is 131 Å². The summed E-state index contributed by atoms with van der Waals surface area (Å²) in [7, 11) is -8.11. The number of ketones is 1. The maximum atomic E-state index is 14.6. The molecule has 2 aliphatic rings. The lowest BCUT2D eigenvalue weighted by Crippen LogP contribution is -2.61. The summed E-state index contributed by atoms with van der Waals surface area (Å²) >= 11 is 0. The predicted molar refractivity (Wildman–Crippen MR) is 170 cm³/mol. The minimum Gasteiger partial charge on any atom is -0.299 e. The lowest BCUT2D eigenvalue weighted by atomic mass is 9.77. The summed E-state index contributed by atoms with van der Waals surface area (Å²) in [6.07, 6.45) is 0.102. The molecule has 4 atom stereocenters. The molecule has 0 aliphatic carbocycles. The van der Waals surface area contributed by atoms with Gasteiger partial charge in [-0.3, -0.25) is 4.79 Å². The zero-order valence-electron chi connectivity index (χ0n) is 25.0. The van der Waals surface area contributed by atoms with Crippen LogP contribution in [0.3, 0.4) is 0 Å².